The van der Waals surface area contributed by atoms with Gasteiger partial charge in [0.25, 0.3) is 0 Å². The fraction of sp³-hybridized carbons (Fsp3) is 0.333. The van der Waals surface area contributed by atoms with Gasteiger partial charge in [0.2, 0.25) is 5.88 Å². The second kappa shape index (κ2) is 11.4. The predicted molar refractivity (Wildman–Crippen MR) is 113 cm³/mol. The molecule has 3 N–H and O–H groups in total. The lowest BCUT2D eigenvalue weighted by Gasteiger charge is -2.10. The Morgan fingerprint density at radius 2 is 1.77 bits per heavy atom. The molecule has 0 aliphatic heterocycles. The van der Waals surface area contributed by atoms with Crippen LogP contribution in [0, 0.1) is 0 Å². The third kappa shape index (κ3) is 6.58. The minimum absolute atomic E-state index is 0. The molecule has 0 spiro atoms. The van der Waals surface area contributed by atoms with Crippen molar-refractivity contribution < 1.29 is 14.2 Å². The molecule has 0 bridgehead atoms. The standard InChI is InChI=1S/C18H24N4O3.HI/c1-23-15-6-4-13(10-16(15)24-2)8-9-20-18(19)22-12-14-5-7-17(25-3)21-11-14;/h4-7,10-11H,8-9,12H2,1-3H3,(H3,19,20,22);1H. The van der Waals surface area contributed by atoms with Crippen molar-refractivity contribution in [3.8, 4) is 17.4 Å². The number of nitrogens with one attached hydrogen (secondary N) is 1. The van der Waals surface area contributed by atoms with Crippen LogP contribution in [0.1, 0.15) is 11.1 Å². The molecule has 0 aliphatic rings. The van der Waals surface area contributed by atoms with Crippen LogP contribution in [-0.4, -0.2) is 38.8 Å². The van der Waals surface area contributed by atoms with E-state index < -0.39 is 0 Å². The maximum absolute atomic E-state index is 5.89. The summed E-state index contributed by atoms with van der Waals surface area (Å²) in [7, 11) is 4.83. The van der Waals surface area contributed by atoms with E-state index in [4.69, 9.17) is 19.9 Å². The van der Waals surface area contributed by atoms with Gasteiger partial charge in [-0.25, -0.2) is 9.98 Å². The highest BCUT2D eigenvalue weighted by Gasteiger charge is 2.04. The molecular formula is C18H25IN4O3. The number of benzene rings is 1. The molecule has 0 atom stereocenters. The van der Waals surface area contributed by atoms with Crippen LogP contribution in [0.3, 0.4) is 0 Å². The van der Waals surface area contributed by atoms with Crippen molar-refractivity contribution >= 4 is 29.9 Å². The zero-order valence-corrected chi connectivity index (χ0v) is 17.5. The minimum Gasteiger partial charge on any atom is -0.493 e. The number of guanidine groups is 1. The first kappa shape index (κ1) is 21.8. The van der Waals surface area contributed by atoms with Crippen LogP contribution in [0.25, 0.3) is 0 Å². The zero-order valence-electron chi connectivity index (χ0n) is 15.2. The Kier molecular flexibility index (Phi) is 9.56. The van der Waals surface area contributed by atoms with Gasteiger partial charge in [-0.1, -0.05) is 12.1 Å². The van der Waals surface area contributed by atoms with Crippen molar-refractivity contribution in [2.75, 3.05) is 27.9 Å². The first-order valence-corrected chi connectivity index (χ1v) is 7.90. The minimum atomic E-state index is 0. The van der Waals surface area contributed by atoms with Gasteiger partial charge in [0.05, 0.1) is 27.9 Å². The lowest BCUT2D eigenvalue weighted by atomic mass is 10.1. The Labute approximate surface area is 171 Å². The summed E-state index contributed by atoms with van der Waals surface area (Å²) in [5.74, 6) is 2.41. The summed E-state index contributed by atoms with van der Waals surface area (Å²) in [6, 6.07) is 9.55. The van der Waals surface area contributed by atoms with Gasteiger partial charge in [0.1, 0.15) is 0 Å². The highest BCUT2D eigenvalue weighted by atomic mass is 127. The van der Waals surface area contributed by atoms with Gasteiger partial charge in [0, 0.05) is 18.8 Å². The molecule has 26 heavy (non-hydrogen) atoms. The normalized spacial score (nSPS) is 10.7. The molecule has 0 unspecified atom stereocenters. The average Bonchev–Trinajstić information content (AvgIpc) is 2.66. The third-order valence-electron chi connectivity index (χ3n) is 3.61. The number of aromatic nitrogens is 1. The fourth-order valence-electron chi connectivity index (χ4n) is 2.23. The van der Waals surface area contributed by atoms with E-state index in [-0.39, 0.29) is 24.0 Å². The van der Waals surface area contributed by atoms with E-state index in [1.807, 2.05) is 24.3 Å². The van der Waals surface area contributed by atoms with Gasteiger partial charge in [0.15, 0.2) is 17.5 Å². The van der Waals surface area contributed by atoms with Gasteiger partial charge >= 0.3 is 0 Å². The molecule has 1 aromatic carbocycles. The van der Waals surface area contributed by atoms with Gasteiger partial charge in [-0.15, -0.1) is 24.0 Å². The highest BCUT2D eigenvalue weighted by Crippen LogP contribution is 2.27. The van der Waals surface area contributed by atoms with Gasteiger partial charge in [-0.3, -0.25) is 0 Å². The molecule has 2 aromatic rings. The van der Waals surface area contributed by atoms with Crippen LogP contribution < -0.4 is 25.3 Å². The van der Waals surface area contributed by atoms with Crippen LogP contribution in [0.5, 0.6) is 17.4 Å². The summed E-state index contributed by atoms with van der Waals surface area (Å²) >= 11 is 0. The van der Waals surface area contributed by atoms with Crippen LogP contribution in [0.4, 0.5) is 0 Å². The number of hydrogen-bond donors (Lipinski definition) is 2. The summed E-state index contributed by atoms with van der Waals surface area (Å²) in [4.78, 5) is 8.43. The van der Waals surface area contributed by atoms with Crippen molar-refractivity contribution in [1.29, 1.82) is 0 Å². The van der Waals surface area contributed by atoms with Crippen molar-refractivity contribution in [1.82, 2.24) is 10.3 Å². The highest BCUT2D eigenvalue weighted by molar-refractivity contribution is 14.0. The second-order valence-electron chi connectivity index (χ2n) is 5.28. The van der Waals surface area contributed by atoms with Crippen LogP contribution >= 0.6 is 24.0 Å². The quantitative estimate of drug-likeness (QED) is 0.349. The van der Waals surface area contributed by atoms with E-state index in [1.54, 1.807) is 33.6 Å². The molecule has 142 valence electrons. The number of methoxy groups -OCH3 is 3. The molecular weight excluding hydrogens is 447 g/mol. The molecule has 0 saturated heterocycles. The lowest BCUT2D eigenvalue weighted by Crippen LogP contribution is -2.33. The third-order valence-corrected chi connectivity index (χ3v) is 3.61. The summed E-state index contributed by atoms with van der Waals surface area (Å²) in [6.07, 6.45) is 2.51. The number of pyridine rings is 1. The topological polar surface area (TPSA) is 91.0 Å². The van der Waals surface area contributed by atoms with Gasteiger partial charge in [-0.2, -0.15) is 0 Å². The fourth-order valence-corrected chi connectivity index (χ4v) is 2.23. The number of rotatable bonds is 8. The molecule has 1 heterocycles. The lowest BCUT2D eigenvalue weighted by molar-refractivity contribution is 0.354. The number of halogens is 1. The van der Waals surface area contributed by atoms with Crippen LogP contribution in [0.15, 0.2) is 41.5 Å². The number of ether oxygens (including phenoxy) is 3. The first-order chi connectivity index (χ1) is 12.2. The van der Waals surface area contributed by atoms with Crippen molar-refractivity contribution in [3.05, 3.63) is 47.7 Å². The molecule has 0 saturated carbocycles. The van der Waals surface area contributed by atoms with Gasteiger partial charge in [-0.05, 0) is 29.7 Å². The molecule has 7 nitrogen and oxygen atoms in total. The number of aliphatic imine (C=N–C) groups is 1. The van der Waals surface area contributed by atoms with E-state index in [1.165, 1.54) is 0 Å². The summed E-state index contributed by atoms with van der Waals surface area (Å²) < 4.78 is 15.5. The predicted octanol–water partition coefficient (Wildman–Crippen LogP) is 2.37. The molecule has 0 amide bonds. The van der Waals surface area contributed by atoms with Crippen LogP contribution in [0.2, 0.25) is 0 Å². The van der Waals surface area contributed by atoms with E-state index in [0.717, 1.165) is 17.5 Å². The Balaban J connectivity index is 0.00000338. The largest absolute Gasteiger partial charge is 0.493 e. The number of nitrogens with two attached hydrogens (primary N) is 1. The summed E-state index contributed by atoms with van der Waals surface area (Å²) in [6.45, 7) is 1.14. The Hall–Kier alpha value is -2.23. The number of nitrogens with zero attached hydrogens (tertiary/aromatic N) is 2. The maximum atomic E-state index is 5.89. The Morgan fingerprint density at radius 1 is 1.04 bits per heavy atom. The second-order valence-corrected chi connectivity index (χ2v) is 5.28. The molecule has 0 radical (unpaired) electrons. The zero-order chi connectivity index (χ0) is 18.1. The molecule has 1 aromatic heterocycles. The molecule has 0 fully saturated rings. The van der Waals surface area contributed by atoms with E-state index in [2.05, 4.69) is 15.3 Å². The summed E-state index contributed by atoms with van der Waals surface area (Å²) in [5, 5.41) is 3.10. The van der Waals surface area contributed by atoms with Crippen LogP contribution in [-0.2, 0) is 13.0 Å². The van der Waals surface area contributed by atoms with Crippen molar-refractivity contribution in [2.24, 2.45) is 10.7 Å². The van der Waals surface area contributed by atoms with E-state index in [0.29, 0.717) is 36.4 Å². The molecule has 8 heteroatoms. The van der Waals surface area contributed by atoms with E-state index >= 15 is 0 Å². The number of hydrogen-bond acceptors (Lipinski definition) is 5. The maximum Gasteiger partial charge on any atom is 0.212 e. The molecule has 0 aliphatic carbocycles. The Morgan fingerprint density at radius 3 is 2.38 bits per heavy atom. The molecule has 2 rings (SSSR count). The van der Waals surface area contributed by atoms with Crippen molar-refractivity contribution in [3.63, 3.8) is 0 Å². The monoisotopic (exact) mass is 472 g/mol. The van der Waals surface area contributed by atoms with Crippen molar-refractivity contribution in [2.45, 2.75) is 13.0 Å². The van der Waals surface area contributed by atoms with Gasteiger partial charge < -0.3 is 25.3 Å². The first-order valence-electron chi connectivity index (χ1n) is 7.90. The van der Waals surface area contributed by atoms with E-state index in [9.17, 15) is 0 Å². The SMILES string of the molecule is COc1ccc(CN=C(N)NCCc2ccc(OC)c(OC)c2)cn1.I. The summed E-state index contributed by atoms with van der Waals surface area (Å²) in [5.41, 5.74) is 7.98. The average molecular weight is 472 g/mol. The smallest absolute Gasteiger partial charge is 0.212 e. The Bertz CT molecular complexity index is 708.